The van der Waals surface area contributed by atoms with Crippen LogP contribution in [-0.2, 0) is 12.8 Å². The number of thiocarbonyl (C=S) groups is 1. The molecule has 2 aromatic rings. The van der Waals surface area contributed by atoms with Gasteiger partial charge in [-0.05, 0) is 66.9 Å². The summed E-state index contributed by atoms with van der Waals surface area (Å²) in [6.45, 7) is 3.00. The van der Waals surface area contributed by atoms with E-state index in [9.17, 15) is 0 Å². The molecule has 0 saturated heterocycles. The highest BCUT2D eigenvalue weighted by atomic mass is 32.1. The minimum atomic E-state index is 0.670. The molecule has 2 aromatic carbocycles. The van der Waals surface area contributed by atoms with Crippen LogP contribution in [0.15, 0.2) is 48.5 Å². The summed E-state index contributed by atoms with van der Waals surface area (Å²) in [6.07, 6.45) is 3.10. The molecular formula is C19H24N2OS. The normalized spacial score (nSPS) is 10.2. The van der Waals surface area contributed by atoms with Crippen LogP contribution in [0.3, 0.4) is 0 Å². The third-order valence-electron chi connectivity index (χ3n) is 3.71. The summed E-state index contributed by atoms with van der Waals surface area (Å²) >= 11 is 5.32. The standard InChI is InChI=1S/C19H24N2OS/c1-3-15-6-10-17(11-7-15)21-19(23)20-14-4-5-16-8-12-18(22-2)13-9-16/h6-13H,3-5,14H2,1-2H3,(H2,20,21,23). The monoisotopic (exact) mass is 328 g/mol. The molecule has 3 nitrogen and oxygen atoms in total. The predicted molar refractivity (Wildman–Crippen MR) is 101 cm³/mol. The van der Waals surface area contributed by atoms with Crippen LogP contribution in [0, 0.1) is 0 Å². The average molecular weight is 328 g/mol. The fourth-order valence-corrected chi connectivity index (χ4v) is 2.51. The van der Waals surface area contributed by atoms with Gasteiger partial charge in [-0.25, -0.2) is 0 Å². The molecule has 0 fully saturated rings. The fraction of sp³-hybridized carbons (Fsp3) is 0.316. The lowest BCUT2D eigenvalue weighted by atomic mass is 10.1. The molecule has 0 saturated carbocycles. The van der Waals surface area contributed by atoms with Crippen LogP contribution in [0.25, 0.3) is 0 Å². The fourth-order valence-electron chi connectivity index (χ4n) is 2.29. The molecule has 0 spiro atoms. The third kappa shape index (κ3) is 5.91. The number of hydrogen-bond donors (Lipinski definition) is 2. The largest absolute Gasteiger partial charge is 0.497 e. The molecule has 2 rings (SSSR count). The summed E-state index contributed by atoms with van der Waals surface area (Å²) in [5.74, 6) is 0.895. The lowest BCUT2D eigenvalue weighted by Crippen LogP contribution is -2.29. The first kappa shape index (κ1) is 17.3. The van der Waals surface area contributed by atoms with Gasteiger partial charge in [0, 0.05) is 12.2 Å². The Morgan fingerprint density at radius 2 is 1.65 bits per heavy atom. The summed E-state index contributed by atoms with van der Waals surface area (Å²) < 4.78 is 5.16. The molecule has 0 atom stereocenters. The number of methoxy groups -OCH3 is 1. The second-order valence-corrected chi connectivity index (χ2v) is 5.79. The van der Waals surface area contributed by atoms with E-state index < -0.39 is 0 Å². The molecule has 0 aliphatic carbocycles. The van der Waals surface area contributed by atoms with E-state index >= 15 is 0 Å². The number of rotatable bonds is 7. The summed E-state index contributed by atoms with van der Waals surface area (Å²) in [7, 11) is 1.68. The van der Waals surface area contributed by atoms with Crippen molar-refractivity contribution in [1.29, 1.82) is 0 Å². The van der Waals surface area contributed by atoms with Crippen molar-refractivity contribution in [1.82, 2.24) is 5.32 Å². The summed E-state index contributed by atoms with van der Waals surface area (Å²) in [5, 5.41) is 7.13. The SMILES string of the molecule is CCc1ccc(NC(=S)NCCCc2ccc(OC)cc2)cc1. The van der Waals surface area contributed by atoms with Crippen LogP contribution in [0.5, 0.6) is 5.75 Å². The van der Waals surface area contributed by atoms with Crippen molar-refractivity contribution in [3.05, 3.63) is 59.7 Å². The topological polar surface area (TPSA) is 33.3 Å². The molecule has 4 heteroatoms. The number of nitrogens with one attached hydrogen (secondary N) is 2. The van der Waals surface area contributed by atoms with Gasteiger partial charge in [-0.1, -0.05) is 31.2 Å². The molecule has 0 unspecified atom stereocenters. The van der Waals surface area contributed by atoms with E-state index in [4.69, 9.17) is 17.0 Å². The molecule has 0 radical (unpaired) electrons. The van der Waals surface area contributed by atoms with Crippen LogP contribution in [0.1, 0.15) is 24.5 Å². The number of anilines is 1. The van der Waals surface area contributed by atoms with Crippen molar-refractivity contribution in [2.24, 2.45) is 0 Å². The molecule has 0 amide bonds. The first-order chi connectivity index (χ1) is 11.2. The maximum absolute atomic E-state index is 5.32. The zero-order valence-electron chi connectivity index (χ0n) is 13.8. The molecule has 122 valence electrons. The van der Waals surface area contributed by atoms with Crippen LogP contribution < -0.4 is 15.4 Å². The van der Waals surface area contributed by atoms with Crippen molar-refractivity contribution >= 4 is 23.0 Å². The highest BCUT2D eigenvalue weighted by Gasteiger charge is 1.99. The molecule has 2 N–H and O–H groups in total. The second kappa shape index (κ2) is 9.16. The van der Waals surface area contributed by atoms with Crippen molar-refractivity contribution < 1.29 is 4.74 Å². The van der Waals surface area contributed by atoms with Crippen LogP contribution in [0.2, 0.25) is 0 Å². The van der Waals surface area contributed by atoms with Gasteiger partial charge in [-0.2, -0.15) is 0 Å². The molecular weight excluding hydrogens is 304 g/mol. The van der Waals surface area contributed by atoms with E-state index in [1.807, 2.05) is 12.1 Å². The highest BCUT2D eigenvalue weighted by Crippen LogP contribution is 2.12. The van der Waals surface area contributed by atoms with Crippen LogP contribution in [0.4, 0.5) is 5.69 Å². The highest BCUT2D eigenvalue weighted by molar-refractivity contribution is 7.80. The summed E-state index contributed by atoms with van der Waals surface area (Å²) in [5.41, 5.74) is 3.66. The van der Waals surface area contributed by atoms with Crippen molar-refractivity contribution in [3.8, 4) is 5.75 Å². The molecule has 0 aliphatic rings. The van der Waals surface area contributed by atoms with Gasteiger partial charge in [0.1, 0.15) is 5.75 Å². The van der Waals surface area contributed by atoms with Gasteiger partial charge in [0.25, 0.3) is 0 Å². The molecule has 23 heavy (non-hydrogen) atoms. The number of ether oxygens (including phenoxy) is 1. The number of benzene rings is 2. The summed E-state index contributed by atoms with van der Waals surface area (Å²) in [6, 6.07) is 16.6. The Bertz CT molecular complexity index is 608. The van der Waals surface area contributed by atoms with Crippen LogP contribution >= 0.6 is 12.2 Å². The van der Waals surface area contributed by atoms with Crippen molar-refractivity contribution in [2.45, 2.75) is 26.2 Å². The van der Waals surface area contributed by atoms with Gasteiger partial charge >= 0.3 is 0 Å². The van der Waals surface area contributed by atoms with E-state index in [-0.39, 0.29) is 0 Å². The Labute approximate surface area is 144 Å². The zero-order valence-corrected chi connectivity index (χ0v) is 14.6. The zero-order chi connectivity index (χ0) is 16.5. The second-order valence-electron chi connectivity index (χ2n) is 5.38. The maximum atomic E-state index is 5.32. The summed E-state index contributed by atoms with van der Waals surface area (Å²) in [4.78, 5) is 0. The Morgan fingerprint density at radius 3 is 2.26 bits per heavy atom. The Morgan fingerprint density at radius 1 is 1.00 bits per heavy atom. The first-order valence-electron chi connectivity index (χ1n) is 7.98. The molecule has 0 heterocycles. The lowest BCUT2D eigenvalue weighted by Gasteiger charge is -2.11. The Balaban J connectivity index is 1.67. The first-order valence-corrected chi connectivity index (χ1v) is 8.39. The number of hydrogen-bond acceptors (Lipinski definition) is 2. The van der Waals surface area contributed by atoms with Gasteiger partial charge < -0.3 is 15.4 Å². The Kier molecular flexibility index (Phi) is 6.88. The Hall–Kier alpha value is -2.07. The van der Waals surface area contributed by atoms with Gasteiger partial charge in [0.2, 0.25) is 0 Å². The molecule has 0 bridgehead atoms. The quantitative estimate of drug-likeness (QED) is 0.590. The molecule has 0 aromatic heterocycles. The lowest BCUT2D eigenvalue weighted by molar-refractivity contribution is 0.414. The maximum Gasteiger partial charge on any atom is 0.170 e. The van der Waals surface area contributed by atoms with E-state index in [0.717, 1.165) is 37.2 Å². The smallest absolute Gasteiger partial charge is 0.170 e. The minimum Gasteiger partial charge on any atom is -0.497 e. The van der Waals surface area contributed by atoms with Crippen molar-refractivity contribution in [2.75, 3.05) is 19.0 Å². The van der Waals surface area contributed by atoms with E-state index in [0.29, 0.717) is 5.11 Å². The minimum absolute atomic E-state index is 0.670. The third-order valence-corrected chi connectivity index (χ3v) is 3.95. The molecule has 0 aliphatic heterocycles. The average Bonchev–Trinajstić information content (AvgIpc) is 2.60. The van der Waals surface area contributed by atoms with Gasteiger partial charge in [0.05, 0.1) is 7.11 Å². The van der Waals surface area contributed by atoms with Gasteiger partial charge in [-0.15, -0.1) is 0 Å². The predicted octanol–water partition coefficient (Wildman–Crippen LogP) is 4.18. The van der Waals surface area contributed by atoms with Gasteiger partial charge in [-0.3, -0.25) is 0 Å². The van der Waals surface area contributed by atoms with E-state index in [2.05, 4.69) is 54.0 Å². The van der Waals surface area contributed by atoms with E-state index in [1.165, 1.54) is 11.1 Å². The number of aryl methyl sites for hydroxylation is 2. The van der Waals surface area contributed by atoms with E-state index in [1.54, 1.807) is 7.11 Å². The van der Waals surface area contributed by atoms with Crippen LogP contribution in [-0.4, -0.2) is 18.8 Å². The van der Waals surface area contributed by atoms with Crippen molar-refractivity contribution in [3.63, 3.8) is 0 Å². The van der Waals surface area contributed by atoms with Gasteiger partial charge in [0.15, 0.2) is 5.11 Å².